The highest BCUT2D eigenvalue weighted by molar-refractivity contribution is 5.77. The molecule has 86 valence electrons. The van der Waals surface area contributed by atoms with E-state index in [9.17, 15) is 4.79 Å². The van der Waals surface area contributed by atoms with E-state index in [0.29, 0.717) is 18.3 Å². The van der Waals surface area contributed by atoms with Crippen LogP contribution in [0.2, 0.25) is 0 Å². The Labute approximate surface area is 101 Å². The summed E-state index contributed by atoms with van der Waals surface area (Å²) < 4.78 is 5.45. The van der Waals surface area contributed by atoms with Crippen molar-refractivity contribution >= 4 is 12.0 Å². The number of ether oxygens (including phenoxy) is 1. The Bertz CT molecular complexity index is 489. The zero-order valence-electron chi connectivity index (χ0n) is 9.50. The Morgan fingerprint density at radius 1 is 1.35 bits per heavy atom. The van der Waals surface area contributed by atoms with Crippen molar-refractivity contribution in [3.05, 3.63) is 54.6 Å². The second-order valence-electron chi connectivity index (χ2n) is 4.64. The van der Waals surface area contributed by atoms with Gasteiger partial charge in [0.1, 0.15) is 5.60 Å². The first-order chi connectivity index (χ1) is 8.26. The van der Waals surface area contributed by atoms with E-state index in [0.717, 1.165) is 5.56 Å². The van der Waals surface area contributed by atoms with Crippen molar-refractivity contribution in [2.45, 2.75) is 12.0 Å². The van der Waals surface area contributed by atoms with Gasteiger partial charge in [-0.15, -0.1) is 6.58 Å². The van der Waals surface area contributed by atoms with E-state index in [-0.39, 0.29) is 5.97 Å². The average molecular weight is 226 g/mol. The molecule has 0 N–H and O–H groups in total. The zero-order chi connectivity index (χ0) is 11.9. The van der Waals surface area contributed by atoms with E-state index in [1.165, 1.54) is 0 Å². The van der Waals surface area contributed by atoms with E-state index < -0.39 is 5.60 Å². The molecule has 1 saturated carbocycles. The van der Waals surface area contributed by atoms with Crippen LogP contribution in [0.1, 0.15) is 12.0 Å². The van der Waals surface area contributed by atoms with Gasteiger partial charge in [-0.3, -0.25) is 4.79 Å². The normalized spacial score (nSPS) is 34.5. The van der Waals surface area contributed by atoms with Crippen molar-refractivity contribution in [3.63, 3.8) is 0 Å². The lowest BCUT2D eigenvalue weighted by Crippen LogP contribution is -2.14. The average Bonchev–Trinajstić information content (AvgIpc) is 2.79. The van der Waals surface area contributed by atoms with E-state index in [1.807, 2.05) is 48.6 Å². The van der Waals surface area contributed by atoms with Crippen molar-refractivity contribution in [1.82, 2.24) is 0 Å². The summed E-state index contributed by atoms with van der Waals surface area (Å²) in [5, 5.41) is 0. The SMILES string of the molecule is C=C[C@@H]1C2CC(=O)O[C@]21/C=C/c1ccccc1. The van der Waals surface area contributed by atoms with Gasteiger partial charge in [0.25, 0.3) is 0 Å². The molecule has 2 fully saturated rings. The third kappa shape index (κ3) is 1.52. The van der Waals surface area contributed by atoms with Gasteiger partial charge in [-0.1, -0.05) is 42.5 Å². The standard InChI is InChI=1S/C15H14O2/c1-2-12-13-10-14(16)17-15(12,13)9-8-11-6-4-3-5-7-11/h2-9,12-13H,1,10H2/b9-8+/t12-,13?,15+/m1/s1. The van der Waals surface area contributed by atoms with Crippen LogP contribution in [0, 0.1) is 11.8 Å². The van der Waals surface area contributed by atoms with Gasteiger partial charge in [-0.25, -0.2) is 0 Å². The van der Waals surface area contributed by atoms with Crippen LogP contribution < -0.4 is 0 Å². The van der Waals surface area contributed by atoms with Crippen LogP contribution in [0.4, 0.5) is 0 Å². The van der Waals surface area contributed by atoms with Gasteiger partial charge in [0.15, 0.2) is 0 Å². The van der Waals surface area contributed by atoms with Gasteiger partial charge in [-0.2, -0.15) is 0 Å². The molecule has 1 heterocycles. The molecule has 2 heteroatoms. The molecule has 0 bridgehead atoms. The molecule has 1 saturated heterocycles. The third-order valence-corrected chi connectivity index (χ3v) is 3.69. The Balaban J connectivity index is 1.83. The summed E-state index contributed by atoms with van der Waals surface area (Å²) in [4.78, 5) is 11.3. The number of rotatable bonds is 3. The molecule has 2 aliphatic rings. The van der Waals surface area contributed by atoms with Crippen LogP contribution >= 0.6 is 0 Å². The first kappa shape index (κ1) is 10.3. The van der Waals surface area contributed by atoms with Crippen molar-refractivity contribution in [3.8, 4) is 0 Å². The Kier molecular flexibility index (Phi) is 2.18. The number of hydrogen-bond donors (Lipinski definition) is 0. The van der Waals surface area contributed by atoms with E-state index in [2.05, 4.69) is 6.58 Å². The number of benzene rings is 1. The molecule has 0 radical (unpaired) electrons. The van der Waals surface area contributed by atoms with Gasteiger partial charge in [0.2, 0.25) is 0 Å². The predicted octanol–water partition coefficient (Wildman–Crippen LogP) is 2.82. The Morgan fingerprint density at radius 3 is 2.82 bits per heavy atom. The maximum atomic E-state index is 11.3. The minimum Gasteiger partial charge on any atom is -0.454 e. The molecular formula is C15H14O2. The highest BCUT2D eigenvalue weighted by Gasteiger charge is 2.69. The largest absolute Gasteiger partial charge is 0.454 e. The summed E-state index contributed by atoms with van der Waals surface area (Å²) in [6.45, 7) is 3.81. The molecule has 1 unspecified atom stereocenters. The minimum atomic E-state index is -0.394. The van der Waals surface area contributed by atoms with Crippen LogP contribution in [0.5, 0.6) is 0 Å². The Hall–Kier alpha value is -1.83. The third-order valence-electron chi connectivity index (χ3n) is 3.69. The lowest BCUT2D eigenvalue weighted by atomic mass is 10.1. The molecule has 2 nitrogen and oxygen atoms in total. The predicted molar refractivity (Wildman–Crippen MR) is 66.1 cm³/mol. The number of carbonyl (C=O) groups is 1. The van der Waals surface area contributed by atoms with Gasteiger partial charge in [0.05, 0.1) is 6.42 Å². The van der Waals surface area contributed by atoms with Crippen molar-refractivity contribution in [2.24, 2.45) is 11.8 Å². The second-order valence-corrected chi connectivity index (χ2v) is 4.64. The zero-order valence-corrected chi connectivity index (χ0v) is 9.50. The molecule has 0 amide bonds. The highest BCUT2D eigenvalue weighted by Crippen LogP contribution is 2.61. The molecule has 17 heavy (non-hydrogen) atoms. The van der Waals surface area contributed by atoms with Crippen LogP contribution in [0.15, 0.2) is 49.1 Å². The first-order valence-electron chi connectivity index (χ1n) is 5.85. The van der Waals surface area contributed by atoms with E-state index in [1.54, 1.807) is 0 Å². The Morgan fingerprint density at radius 2 is 2.12 bits per heavy atom. The summed E-state index contributed by atoms with van der Waals surface area (Å²) in [7, 11) is 0. The summed E-state index contributed by atoms with van der Waals surface area (Å²) in [6, 6.07) is 10.0. The maximum Gasteiger partial charge on any atom is 0.307 e. The van der Waals surface area contributed by atoms with Crippen LogP contribution in [-0.2, 0) is 9.53 Å². The van der Waals surface area contributed by atoms with Crippen molar-refractivity contribution < 1.29 is 9.53 Å². The molecule has 3 rings (SSSR count). The lowest BCUT2D eigenvalue weighted by Gasteiger charge is -2.09. The van der Waals surface area contributed by atoms with Crippen molar-refractivity contribution in [2.75, 3.05) is 0 Å². The van der Waals surface area contributed by atoms with Gasteiger partial charge in [-0.05, 0) is 11.6 Å². The van der Waals surface area contributed by atoms with Crippen LogP contribution in [-0.4, -0.2) is 11.6 Å². The number of hydrogen-bond acceptors (Lipinski definition) is 2. The smallest absolute Gasteiger partial charge is 0.307 e. The fraction of sp³-hybridized carbons (Fsp3) is 0.267. The molecule has 3 atom stereocenters. The number of fused-ring (bicyclic) bond motifs is 1. The summed E-state index contributed by atoms with van der Waals surface area (Å²) in [5.74, 6) is 0.499. The molecular weight excluding hydrogens is 212 g/mol. The fourth-order valence-electron chi connectivity index (χ4n) is 2.74. The van der Waals surface area contributed by atoms with Crippen LogP contribution in [0.25, 0.3) is 6.08 Å². The highest BCUT2D eigenvalue weighted by atomic mass is 16.6. The van der Waals surface area contributed by atoms with Gasteiger partial charge < -0.3 is 4.74 Å². The molecule has 1 aromatic carbocycles. The van der Waals surface area contributed by atoms with E-state index >= 15 is 0 Å². The first-order valence-corrected chi connectivity index (χ1v) is 5.85. The van der Waals surface area contributed by atoms with Crippen LogP contribution in [0.3, 0.4) is 0 Å². The minimum absolute atomic E-state index is 0.0918. The second kappa shape index (κ2) is 3.59. The number of carbonyl (C=O) groups excluding carboxylic acids is 1. The lowest BCUT2D eigenvalue weighted by molar-refractivity contribution is -0.144. The summed E-state index contributed by atoms with van der Waals surface area (Å²) in [6.07, 6.45) is 6.46. The van der Waals surface area contributed by atoms with Gasteiger partial charge >= 0.3 is 5.97 Å². The summed E-state index contributed by atoms with van der Waals surface area (Å²) >= 11 is 0. The van der Waals surface area contributed by atoms with E-state index in [4.69, 9.17) is 4.74 Å². The monoisotopic (exact) mass is 226 g/mol. The van der Waals surface area contributed by atoms with Crippen molar-refractivity contribution in [1.29, 1.82) is 0 Å². The maximum absolute atomic E-state index is 11.3. The number of esters is 1. The molecule has 0 aromatic heterocycles. The quantitative estimate of drug-likeness (QED) is 0.585. The summed E-state index contributed by atoms with van der Waals surface area (Å²) in [5.41, 5.74) is 0.729. The fourth-order valence-corrected chi connectivity index (χ4v) is 2.74. The topological polar surface area (TPSA) is 26.3 Å². The molecule has 1 aliphatic carbocycles. The molecule has 1 aromatic rings. The molecule has 0 spiro atoms. The molecule has 1 aliphatic heterocycles. The van der Waals surface area contributed by atoms with Gasteiger partial charge in [0, 0.05) is 11.8 Å².